The first-order valence-corrected chi connectivity index (χ1v) is 10.8. The van der Waals surface area contributed by atoms with Gasteiger partial charge in [0, 0.05) is 16.8 Å². The van der Waals surface area contributed by atoms with Crippen LogP contribution in [0.1, 0.15) is 42.7 Å². The van der Waals surface area contributed by atoms with Gasteiger partial charge < -0.3 is 24.6 Å². The Bertz CT molecular complexity index is 1300. The smallest absolute Gasteiger partial charge is 0.340 e. The molecule has 0 bridgehead atoms. The van der Waals surface area contributed by atoms with Crippen LogP contribution in [-0.4, -0.2) is 35.5 Å². The standard InChI is InChI=1S/C24H28N2O7/c1-6-11(2)22(23(29)30)26-21(28)10-25-20(27)8-17-13(4)16-7-15-12(3)14(5)32-18(15)9-19(16)33-24(17)31/h7,9,11,22H,6,8,10H2,1-5H3,(H,25,27)(H,26,28)(H,29,30). The number of nitrogens with one attached hydrogen (secondary N) is 2. The second kappa shape index (κ2) is 9.48. The molecule has 0 aliphatic carbocycles. The van der Waals surface area contributed by atoms with E-state index in [-0.39, 0.29) is 17.9 Å². The van der Waals surface area contributed by atoms with Crippen molar-refractivity contribution in [3.63, 3.8) is 0 Å². The van der Waals surface area contributed by atoms with Gasteiger partial charge in [-0.1, -0.05) is 20.3 Å². The van der Waals surface area contributed by atoms with E-state index in [0.29, 0.717) is 28.5 Å². The van der Waals surface area contributed by atoms with Crippen LogP contribution in [0.3, 0.4) is 0 Å². The van der Waals surface area contributed by atoms with Crippen molar-refractivity contribution in [2.75, 3.05) is 6.54 Å². The third kappa shape index (κ3) is 4.92. The zero-order valence-corrected chi connectivity index (χ0v) is 19.3. The predicted molar refractivity (Wildman–Crippen MR) is 122 cm³/mol. The Morgan fingerprint density at radius 2 is 1.64 bits per heavy atom. The predicted octanol–water partition coefficient (Wildman–Crippen LogP) is 2.74. The van der Waals surface area contributed by atoms with E-state index >= 15 is 0 Å². The Balaban J connectivity index is 1.76. The molecule has 2 amide bonds. The molecule has 2 aromatic heterocycles. The maximum Gasteiger partial charge on any atom is 0.340 e. The van der Waals surface area contributed by atoms with Crippen LogP contribution in [0.2, 0.25) is 0 Å². The number of rotatable bonds is 8. The number of carboxylic acids is 1. The highest BCUT2D eigenvalue weighted by molar-refractivity contribution is 5.97. The fourth-order valence-corrected chi connectivity index (χ4v) is 3.74. The molecule has 3 rings (SSSR count). The van der Waals surface area contributed by atoms with Gasteiger partial charge in [0.2, 0.25) is 11.8 Å². The molecule has 0 spiro atoms. The van der Waals surface area contributed by atoms with Gasteiger partial charge in [0.1, 0.15) is 23.0 Å². The molecular weight excluding hydrogens is 428 g/mol. The molecule has 0 aliphatic heterocycles. The largest absolute Gasteiger partial charge is 0.480 e. The molecule has 3 aromatic rings. The molecule has 2 heterocycles. The van der Waals surface area contributed by atoms with Gasteiger partial charge in [-0.2, -0.15) is 0 Å². The number of hydrogen-bond donors (Lipinski definition) is 3. The number of hydrogen-bond acceptors (Lipinski definition) is 6. The zero-order chi connectivity index (χ0) is 24.4. The van der Waals surface area contributed by atoms with Crippen LogP contribution in [0.5, 0.6) is 0 Å². The van der Waals surface area contributed by atoms with Gasteiger partial charge in [0.05, 0.1) is 18.5 Å². The van der Waals surface area contributed by atoms with Crippen LogP contribution in [0.15, 0.2) is 25.8 Å². The van der Waals surface area contributed by atoms with Gasteiger partial charge >= 0.3 is 11.6 Å². The first-order valence-electron chi connectivity index (χ1n) is 10.8. The minimum atomic E-state index is -1.13. The first kappa shape index (κ1) is 24.0. The van der Waals surface area contributed by atoms with Crippen molar-refractivity contribution in [2.45, 2.75) is 53.5 Å². The Kier molecular flexibility index (Phi) is 6.90. The number of carboxylic acid groups (broad SMARTS) is 1. The lowest BCUT2D eigenvalue weighted by atomic mass is 9.99. The van der Waals surface area contributed by atoms with Crippen molar-refractivity contribution in [1.82, 2.24) is 10.6 Å². The third-order valence-electron chi connectivity index (χ3n) is 6.16. The number of aliphatic carboxylic acids is 1. The maximum atomic E-state index is 12.5. The van der Waals surface area contributed by atoms with Crippen LogP contribution in [0.4, 0.5) is 0 Å². The number of furan rings is 1. The molecule has 0 saturated carbocycles. The van der Waals surface area contributed by atoms with Crippen LogP contribution < -0.4 is 16.3 Å². The van der Waals surface area contributed by atoms with E-state index < -0.39 is 36.0 Å². The monoisotopic (exact) mass is 456 g/mol. The lowest BCUT2D eigenvalue weighted by Crippen LogP contribution is -2.48. The van der Waals surface area contributed by atoms with Gasteiger partial charge in [-0.3, -0.25) is 9.59 Å². The molecule has 0 aliphatic rings. The lowest BCUT2D eigenvalue weighted by molar-refractivity contribution is -0.143. The average Bonchev–Trinajstić information content (AvgIpc) is 3.04. The molecule has 2 atom stereocenters. The van der Waals surface area contributed by atoms with Crippen molar-refractivity contribution >= 4 is 39.7 Å². The van der Waals surface area contributed by atoms with E-state index in [2.05, 4.69) is 10.6 Å². The van der Waals surface area contributed by atoms with Gasteiger partial charge in [-0.25, -0.2) is 9.59 Å². The summed E-state index contributed by atoms with van der Waals surface area (Å²) in [4.78, 5) is 48.4. The number of fused-ring (bicyclic) bond motifs is 2. The van der Waals surface area contributed by atoms with Crippen LogP contribution in [0.25, 0.3) is 21.9 Å². The molecular formula is C24H28N2O7. The van der Waals surface area contributed by atoms with E-state index in [1.54, 1.807) is 19.9 Å². The fourth-order valence-electron chi connectivity index (χ4n) is 3.74. The van der Waals surface area contributed by atoms with E-state index in [1.165, 1.54) is 0 Å². The van der Waals surface area contributed by atoms with Crippen molar-refractivity contribution in [3.05, 3.63) is 45.0 Å². The molecule has 0 saturated heterocycles. The Labute approximate surface area is 190 Å². The molecule has 3 N–H and O–H groups in total. The van der Waals surface area contributed by atoms with E-state index in [1.807, 2.05) is 26.8 Å². The molecule has 1 aromatic carbocycles. The normalized spacial score (nSPS) is 13.1. The van der Waals surface area contributed by atoms with Crippen molar-refractivity contribution in [3.8, 4) is 0 Å². The molecule has 33 heavy (non-hydrogen) atoms. The molecule has 0 fully saturated rings. The van der Waals surface area contributed by atoms with Crippen LogP contribution in [-0.2, 0) is 20.8 Å². The minimum Gasteiger partial charge on any atom is -0.480 e. The van der Waals surface area contributed by atoms with Gasteiger partial charge in [-0.05, 0) is 43.9 Å². The second-order valence-corrected chi connectivity index (χ2v) is 8.34. The molecule has 9 nitrogen and oxygen atoms in total. The number of amides is 2. The first-order chi connectivity index (χ1) is 15.5. The highest BCUT2D eigenvalue weighted by Crippen LogP contribution is 2.30. The third-order valence-corrected chi connectivity index (χ3v) is 6.16. The fraction of sp³-hybridized carbons (Fsp3) is 0.417. The highest BCUT2D eigenvalue weighted by atomic mass is 16.4. The maximum absolute atomic E-state index is 12.5. The van der Waals surface area contributed by atoms with Crippen LogP contribution in [0, 0.1) is 26.7 Å². The van der Waals surface area contributed by atoms with Crippen LogP contribution >= 0.6 is 0 Å². The molecule has 2 unspecified atom stereocenters. The summed E-state index contributed by atoms with van der Waals surface area (Å²) in [6, 6.07) is 2.51. The minimum absolute atomic E-state index is 0.195. The topological polar surface area (TPSA) is 139 Å². The number of aryl methyl sites for hydroxylation is 3. The van der Waals surface area contributed by atoms with Gasteiger partial charge in [0.15, 0.2) is 0 Å². The van der Waals surface area contributed by atoms with Gasteiger partial charge in [-0.15, -0.1) is 0 Å². The van der Waals surface area contributed by atoms with Crippen molar-refractivity contribution in [2.24, 2.45) is 5.92 Å². The SMILES string of the molecule is CCC(C)C(NC(=O)CNC(=O)Cc1c(C)c2cc3c(C)c(C)oc3cc2oc1=O)C(=O)O. The summed E-state index contributed by atoms with van der Waals surface area (Å²) in [5.41, 5.74) is 2.14. The summed E-state index contributed by atoms with van der Waals surface area (Å²) in [7, 11) is 0. The van der Waals surface area contributed by atoms with Crippen molar-refractivity contribution < 1.29 is 28.3 Å². The van der Waals surface area contributed by atoms with E-state index in [9.17, 15) is 24.3 Å². The van der Waals surface area contributed by atoms with Gasteiger partial charge in [0.25, 0.3) is 0 Å². The average molecular weight is 456 g/mol. The number of carbonyl (C=O) groups is 3. The summed E-state index contributed by atoms with van der Waals surface area (Å²) in [5, 5.41) is 15.7. The Morgan fingerprint density at radius 1 is 1.00 bits per heavy atom. The molecule has 9 heteroatoms. The lowest BCUT2D eigenvalue weighted by Gasteiger charge is -2.20. The Hall–Kier alpha value is -3.62. The Morgan fingerprint density at radius 3 is 2.27 bits per heavy atom. The second-order valence-electron chi connectivity index (χ2n) is 8.34. The molecule has 176 valence electrons. The highest BCUT2D eigenvalue weighted by Gasteiger charge is 2.25. The van der Waals surface area contributed by atoms with E-state index in [4.69, 9.17) is 8.83 Å². The number of carbonyl (C=O) groups excluding carboxylic acids is 2. The summed E-state index contributed by atoms with van der Waals surface area (Å²) >= 11 is 0. The summed E-state index contributed by atoms with van der Waals surface area (Å²) < 4.78 is 11.1. The zero-order valence-electron chi connectivity index (χ0n) is 19.3. The molecule has 0 radical (unpaired) electrons. The number of benzene rings is 1. The summed E-state index contributed by atoms with van der Waals surface area (Å²) in [6.07, 6.45) is 0.303. The summed E-state index contributed by atoms with van der Waals surface area (Å²) in [6.45, 7) is 8.69. The summed E-state index contributed by atoms with van der Waals surface area (Å²) in [5.74, 6) is -1.79. The van der Waals surface area contributed by atoms with Crippen molar-refractivity contribution in [1.29, 1.82) is 0 Å². The quantitative estimate of drug-likeness (QED) is 0.443. The van der Waals surface area contributed by atoms with E-state index in [0.717, 1.165) is 16.7 Å².